The van der Waals surface area contributed by atoms with Crippen molar-refractivity contribution in [2.75, 3.05) is 0 Å². The summed E-state index contributed by atoms with van der Waals surface area (Å²) >= 11 is 0. The number of hydrogen-bond acceptors (Lipinski definition) is 1. The molecule has 4 saturated carbocycles. The maximum absolute atomic E-state index is 12.8. The Morgan fingerprint density at radius 3 is 1.92 bits per heavy atom. The number of rotatable bonds is 3. The third-order valence-electron chi connectivity index (χ3n) is 6.78. The van der Waals surface area contributed by atoms with Crippen molar-refractivity contribution in [2.24, 2.45) is 29.1 Å². The van der Waals surface area contributed by atoms with Gasteiger partial charge in [0.1, 0.15) is 0 Å². The highest BCUT2D eigenvalue weighted by molar-refractivity contribution is 5.94. The van der Waals surface area contributed by atoms with Gasteiger partial charge >= 0.3 is 0 Å². The molecule has 0 unspecified atom stereocenters. The van der Waals surface area contributed by atoms with E-state index in [1.165, 1.54) is 43.2 Å². The fourth-order valence-corrected chi connectivity index (χ4v) is 6.01. The molecule has 1 aromatic carbocycles. The summed E-state index contributed by atoms with van der Waals surface area (Å²) in [6.07, 6.45) is 9.11. The zero-order valence-corrected chi connectivity index (χ0v) is 16.7. The SMILES string of the molecule is C/C(=C\C(C)(C)C)c1ccc(C(=O)NC2C3CC4CC(C3)CC2C4)cc1. The minimum Gasteiger partial charge on any atom is -0.349 e. The van der Waals surface area contributed by atoms with Gasteiger partial charge in [0.2, 0.25) is 0 Å². The summed E-state index contributed by atoms with van der Waals surface area (Å²) < 4.78 is 0. The molecule has 4 bridgehead atoms. The van der Waals surface area contributed by atoms with E-state index in [2.05, 4.69) is 51.2 Å². The number of nitrogens with one attached hydrogen (secondary N) is 1. The molecule has 0 spiro atoms. The largest absolute Gasteiger partial charge is 0.349 e. The van der Waals surface area contributed by atoms with E-state index in [1.807, 2.05) is 12.1 Å². The van der Waals surface area contributed by atoms with Crippen LogP contribution in [0.3, 0.4) is 0 Å². The Morgan fingerprint density at radius 2 is 1.42 bits per heavy atom. The van der Waals surface area contributed by atoms with Gasteiger partial charge in [-0.15, -0.1) is 0 Å². The van der Waals surface area contributed by atoms with Gasteiger partial charge < -0.3 is 5.32 Å². The predicted octanol–water partition coefficient (Wildman–Crippen LogP) is 5.69. The summed E-state index contributed by atoms with van der Waals surface area (Å²) in [7, 11) is 0. The van der Waals surface area contributed by atoms with Gasteiger partial charge in [0.25, 0.3) is 5.91 Å². The second kappa shape index (κ2) is 6.55. The molecule has 26 heavy (non-hydrogen) atoms. The minimum atomic E-state index is 0.117. The molecule has 0 radical (unpaired) electrons. The molecule has 140 valence electrons. The molecule has 1 aromatic rings. The molecular formula is C24H33NO. The maximum Gasteiger partial charge on any atom is 0.251 e. The number of benzene rings is 1. The zero-order valence-electron chi connectivity index (χ0n) is 16.7. The van der Waals surface area contributed by atoms with E-state index >= 15 is 0 Å². The van der Waals surface area contributed by atoms with Crippen molar-refractivity contribution in [2.45, 2.75) is 65.8 Å². The second-order valence-electron chi connectivity index (χ2n) is 10.2. The number of carbonyl (C=O) groups excluding carboxylic acids is 1. The second-order valence-corrected chi connectivity index (χ2v) is 10.2. The first-order valence-corrected chi connectivity index (χ1v) is 10.4. The van der Waals surface area contributed by atoms with E-state index in [1.54, 1.807) is 0 Å². The van der Waals surface area contributed by atoms with Crippen molar-refractivity contribution in [1.82, 2.24) is 5.32 Å². The molecular weight excluding hydrogens is 318 g/mol. The van der Waals surface area contributed by atoms with Crippen LogP contribution in [-0.4, -0.2) is 11.9 Å². The van der Waals surface area contributed by atoms with Gasteiger partial charge in [-0.25, -0.2) is 0 Å². The maximum atomic E-state index is 12.8. The molecule has 0 saturated heterocycles. The Hall–Kier alpha value is -1.57. The molecule has 4 aliphatic rings. The smallest absolute Gasteiger partial charge is 0.251 e. The lowest BCUT2D eigenvalue weighted by Crippen LogP contribution is -2.55. The fraction of sp³-hybridized carbons (Fsp3) is 0.625. The van der Waals surface area contributed by atoms with Crippen LogP contribution in [0.1, 0.15) is 75.7 Å². The monoisotopic (exact) mass is 351 g/mol. The van der Waals surface area contributed by atoms with Gasteiger partial charge in [-0.1, -0.05) is 39.0 Å². The van der Waals surface area contributed by atoms with Crippen molar-refractivity contribution >= 4 is 11.5 Å². The highest BCUT2D eigenvalue weighted by atomic mass is 16.1. The molecule has 0 atom stereocenters. The Bertz CT molecular complexity index is 679. The molecule has 4 fully saturated rings. The van der Waals surface area contributed by atoms with Gasteiger partial charge in [0.05, 0.1) is 0 Å². The molecule has 4 aliphatic carbocycles. The van der Waals surface area contributed by atoms with E-state index in [9.17, 15) is 4.79 Å². The van der Waals surface area contributed by atoms with Gasteiger partial charge in [-0.05, 0) is 91.4 Å². The Kier molecular flexibility index (Phi) is 4.49. The molecule has 1 amide bonds. The van der Waals surface area contributed by atoms with Gasteiger partial charge in [-0.3, -0.25) is 4.79 Å². The van der Waals surface area contributed by atoms with Gasteiger partial charge in [0, 0.05) is 11.6 Å². The van der Waals surface area contributed by atoms with Crippen LogP contribution in [0.25, 0.3) is 5.57 Å². The Labute approximate surface area is 158 Å². The summed E-state index contributed by atoms with van der Waals surface area (Å²) in [5, 5.41) is 3.41. The first-order valence-electron chi connectivity index (χ1n) is 10.4. The lowest BCUT2D eigenvalue weighted by atomic mass is 9.54. The van der Waals surface area contributed by atoms with E-state index in [4.69, 9.17) is 0 Å². The Balaban J connectivity index is 1.43. The fourth-order valence-electron chi connectivity index (χ4n) is 6.01. The number of allylic oxidation sites excluding steroid dienone is 2. The number of carbonyl (C=O) groups is 1. The van der Waals surface area contributed by atoms with Crippen molar-refractivity contribution in [3.63, 3.8) is 0 Å². The quantitative estimate of drug-likeness (QED) is 0.744. The van der Waals surface area contributed by atoms with Crippen LogP contribution < -0.4 is 5.32 Å². The molecule has 0 heterocycles. The number of hydrogen-bond donors (Lipinski definition) is 1. The minimum absolute atomic E-state index is 0.117. The summed E-state index contributed by atoms with van der Waals surface area (Å²) in [6, 6.07) is 8.56. The van der Waals surface area contributed by atoms with E-state index < -0.39 is 0 Å². The third-order valence-corrected chi connectivity index (χ3v) is 6.78. The first kappa shape index (κ1) is 17.8. The van der Waals surface area contributed by atoms with E-state index in [0.717, 1.165) is 29.2 Å². The van der Waals surface area contributed by atoms with Crippen LogP contribution in [0.15, 0.2) is 30.3 Å². The van der Waals surface area contributed by atoms with Gasteiger partial charge in [-0.2, -0.15) is 0 Å². The molecule has 0 aromatic heterocycles. The van der Waals surface area contributed by atoms with Crippen LogP contribution >= 0.6 is 0 Å². The van der Waals surface area contributed by atoms with Crippen LogP contribution in [0.4, 0.5) is 0 Å². The van der Waals surface area contributed by atoms with Crippen molar-refractivity contribution in [3.8, 4) is 0 Å². The summed E-state index contributed by atoms with van der Waals surface area (Å²) in [5.74, 6) is 3.47. The van der Waals surface area contributed by atoms with Crippen molar-refractivity contribution < 1.29 is 4.79 Å². The highest BCUT2D eigenvalue weighted by Gasteiger charge is 2.48. The highest BCUT2D eigenvalue weighted by Crippen LogP contribution is 2.53. The molecule has 2 heteroatoms. The van der Waals surface area contributed by atoms with Crippen LogP contribution in [-0.2, 0) is 0 Å². The zero-order chi connectivity index (χ0) is 18.5. The molecule has 0 aliphatic heterocycles. The lowest BCUT2D eigenvalue weighted by molar-refractivity contribution is -0.0119. The Morgan fingerprint density at radius 1 is 0.923 bits per heavy atom. The van der Waals surface area contributed by atoms with Crippen LogP contribution in [0.5, 0.6) is 0 Å². The average molecular weight is 352 g/mol. The topological polar surface area (TPSA) is 29.1 Å². The first-order chi connectivity index (χ1) is 12.3. The van der Waals surface area contributed by atoms with Crippen molar-refractivity contribution in [1.29, 1.82) is 0 Å². The van der Waals surface area contributed by atoms with E-state index in [-0.39, 0.29) is 11.3 Å². The van der Waals surface area contributed by atoms with Gasteiger partial charge in [0.15, 0.2) is 0 Å². The number of amides is 1. The standard InChI is InChI=1S/C24H33NO/c1-15(14-24(2,3)4)18-5-7-19(8-6-18)23(26)25-22-20-10-16-9-17(12-20)13-21(22)11-16/h5-8,14,16-17,20-22H,9-13H2,1-4H3,(H,25,26)/b15-14+. The summed E-state index contributed by atoms with van der Waals surface area (Å²) in [6.45, 7) is 8.78. The molecule has 1 N–H and O–H groups in total. The lowest BCUT2D eigenvalue weighted by Gasteiger charge is -2.54. The van der Waals surface area contributed by atoms with Crippen molar-refractivity contribution in [3.05, 3.63) is 41.5 Å². The molecule has 5 rings (SSSR count). The normalized spacial score (nSPS) is 33.4. The third kappa shape index (κ3) is 3.61. The van der Waals surface area contributed by atoms with Crippen LogP contribution in [0.2, 0.25) is 0 Å². The summed E-state index contributed by atoms with van der Waals surface area (Å²) in [4.78, 5) is 12.8. The molecule has 2 nitrogen and oxygen atoms in total. The summed E-state index contributed by atoms with van der Waals surface area (Å²) in [5.41, 5.74) is 3.43. The van der Waals surface area contributed by atoms with E-state index in [0.29, 0.717) is 6.04 Å². The average Bonchev–Trinajstić information content (AvgIpc) is 2.56. The van der Waals surface area contributed by atoms with Crippen LogP contribution in [0, 0.1) is 29.1 Å². The predicted molar refractivity (Wildman–Crippen MR) is 108 cm³/mol.